The molecule has 0 N–H and O–H groups in total. The highest BCUT2D eigenvalue weighted by atomic mass is 35.5. The monoisotopic (exact) mass is 206 g/mol. The van der Waals surface area contributed by atoms with Gasteiger partial charge in [0.2, 0.25) is 0 Å². The lowest BCUT2D eigenvalue weighted by Crippen LogP contribution is -1.70. The SMILES string of the molecule is ClCCCl.N#CCCCCC#N. The van der Waals surface area contributed by atoms with E-state index in [0.29, 0.717) is 24.6 Å². The van der Waals surface area contributed by atoms with Crippen LogP contribution in [0.3, 0.4) is 0 Å². The van der Waals surface area contributed by atoms with Crippen molar-refractivity contribution in [3.05, 3.63) is 0 Å². The summed E-state index contributed by atoms with van der Waals surface area (Å²) in [7, 11) is 0. The van der Waals surface area contributed by atoms with Crippen molar-refractivity contribution < 1.29 is 0 Å². The van der Waals surface area contributed by atoms with Crippen LogP contribution in [0.1, 0.15) is 25.7 Å². The van der Waals surface area contributed by atoms with Crippen molar-refractivity contribution in [1.82, 2.24) is 0 Å². The largest absolute Gasteiger partial charge is 0.198 e. The van der Waals surface area contributed by atoms with Crippen LogP contribution in [-0.2, 0) is 0 Å². The van der Waals surface area contributed by atoms with E-state index < -0.39 is 0 Å². The van der Waals surface area contributed by atoms with Gasteiger partial charge in [-0.15, -0.1) is 23.2 Å². The summed E-state index contributed by atoms with van der Waals surface area (Å²) in [6, 6.07) is 4.03. The molecular formula is C8H12Cl2N2. The second kappa shape index (κ2) is 16.9. The molecule has 0 amide bonds. The van der Waals surface area contributed by atoms with Crippen LogP contribution in [0.4, 0.5) is 0 Å². The smallest absolute Gasteiger partial charge is 0.0621 e. The van der Waals surface area contributed by atoms with Crippen molar-refractivity contribution >= 4 is 23.2 Å². The summed E-state index contributed by atoms with van der Waals surface area (Å²) in [5, 5.41) is 16.1. The van der Waals surface area contributed by atoms with E-state index in [0.717, 1.165) is 12.8 Å². The van der Waals surface area contributed by atoms with E-state index in [-0.39, 0.29) is 0 Å². The van der Waals surface area contributed by atoms with Crippen molar-refractivity contribution in [1.29, 1.82) is 10.5 Å². The number of hydrogen-bond donors (Lipinski definition) is 0. The average Bonchev–Trinajstić information content (AvgIpc) is 2.13. The molecule has 0 radical (unpaired) electrons. The molecule has 0 aromatic rings. The minimum Gasteiger partial charge on any atom is -0.198 e. The van der Waals surface area contributed by atoms with Crippen molar-refractivity contribution in [3.63, 3.8) is 0 Å². The molecule has 0 aliphatic carbocycles. The van der Waals surface area contributed by atoms with Gasteiger partial charge < -0.3 is 0 Å². The number of nitriles is 2. The Balaban J connectivity index is 0. The zero-order valence-corrected chi connectivity index (χ0v) is 8.40. The summed E-state index contributed by atoms with van der Waals surface area (Å²) in [5.74, 6) is 1.11. The molecule has 0 spiro atoms. The van der Waals surface area contributed by atoms with Crippen LogP contribution < -0.4 is 0 Å². The molecular weight excluding hydrogens is 195 g/mol. The number of rotatable bonds is 4. The molecule has 0 aliphatic rings. The van der Waals surface area contributed by atoms with Gasteiger partial charge >= 0.3 is 0 Å². The Hall–Kier alpha value is -0.440. The second-order valence-corrected chi connectivity index (χ2v) is 2.66. The molecule has 68 valence electrons. The van der Waals surface area contributed by atoms with E-state index in [4.69, 9.17) is 33.7 Å². The van der Waals surface area contributed by atoms with Crippen LogP contribution in [-0.4, -0.2) is 11.8 Å². The first-order chi connectivity index (χ1) is 5.83. The molecule has 0 aliphatic heterocycles. The molecule has 2 nitrogen and oxygen atoms in total. The Morgan fingerprint density at radius 3 is 1.33 bits per heavy atom. The van der Waals surface area contributed by atoms with E-state index in [1.165, 1.54) is 0 Å². The van der Waals surface area contributed by atoms with Gasteiger partial charge in [-0.05, 0) is 12.8 Å². The summed E-state index contributed by atoms with van der Waals surface area (Å²) in [4.78, 5) is 0. The van der Waals surface area contributed by atoms with Gasteiger partial charge in [-0.3, -0.25) is 0 Å². The van der Waals surface area contributed by atoms with Crippen LogP contribution >= 0.6 is 23.2 Å². The highest BCUT2D eigenvalue weighted by Gasteiger charge is 1.83. The number of alkyl halides is 2. The van der Waals surface area contributed by atoms with E-state index in [2.05, 4.69) is 0 Å². The van der Waals surface area contributed by atoms with E-state index in [9.17, 15) is 0 Å². The maximum absolute atomic E-state index is 8.03. The third kappa shape index (κ3) is 22.7. The van der Waals surface area contributed by atoms with Crippen LogP contribution in [0, 0.1) is 22.7 Å². The summed E-state index contributed by atoms with van der Waals surface area (Å²) in [6.45, 7) is 0. The zero-order chi connectivity index (χ0) is 9.66. The van der Waals surface area contributed by atoms with Gasteiger partial charge in [0.1, 0.15) is 0 Å². The van der Waals surface area contributed by atoms with Gasteiger partial charge in [0, 0.05) is 24.6 Å². The van der Waals surface area contributed by atoms with Crippen molar-refractivity contribution in [2.45, 2.75) is 25.7 Å². The first kappa shape index (κ1) is 14.1. The number of hydrogen-bond acceptors (Lipinski definition) is 2. The topological polar surface area (TPSA) is 47.6 Å². The Kier molecular flexibility index (Phi) is 19.8. The van der Waals surface area contributed by atoms with Crippen LogP contribution in [0.2, 0.25) is 0 Å². The molecule has 0 atom stereocenters. The zero-order valence-electron chi connectivity index (χ0n) is 6.89. The van der Waals surface area contributed by atoms with Crippen molar-refractivity contribution in [2.24, 2.45) is 0 Å². The fourth-order valence-electron chi connectivity index (χ4n) is 0.408. The maximum Gasteiger partial charge on any atom is 0.0621 e. The highest BCUT2D eigenvalue weighted by molar-refractivity contribution is 6.25. The maximum atomic E-state index is 8.03. The fourth-order valence-corrected chi connectivity index (χ4v) is 0.408. The second-order valence-electron chi connectivity index (χ2n) is 1.90. The first-order valence-corrected chi connectivity index (χ1v) is 4.76. The van der Waals surface area contributed by atoms with Crippen LogP contribution in [0.15, 0.2) is 0 Å². The minimum atomic E-state index is 0.557. The number of nitrogens with zero attached hydrogens (tertiary/aromatic N) is 2. The first-order valence-electron chi connectivity index (χ1n) is 3.69. The Morgan fingerprint density at radius 2 is 1.17 bits per heavy atom. The van der Waals surface area contributed by atoms with Gasteiger partial charge in [-0.2, -0.15) is 10.5 Å². The van der Waals surface area contributed by atoms with Crippen molar-refractivity contribution in [3.8, 4) is 12.1 Å². The summed E-state index contributed by atoms with van der Waals surface area (Å²) in [6.07, 6.45) is 2.90. The fraction of sp³-hybridized carbons (Fsp3) is 0.750. The van der Waals surface area contributed by atoms with E-state index >= 15 is 0 Å². The molecule has 0 aromatic carbocycles. The van der Waals surface area contributed by atoms with Gasteiger partial charge in [0.05, 0.1) is 12.1 Å². The summed E-state index contributed by atoms with van der Waals surface area (Å²) < 4.78 is 0. The molecule has 0 rings (SSSR count). The Labute approximate surface area is 83.7 Å². The number of unbranched alkanes of at least 4 members (excludes halogenated alkanes) is 3. The predicted molar refractivity (Wildman–Crippen MR) is 51.1 cm³/mol. The van der Waals surface area contributed by atoms with E-state index in [1.807, 2.05) is 12.1 Å². The molecule has 0 bridgehead atoms. The number of halogens is 2. The lowest BCUT2D eigenvalue weighted by molar-refractivity contribution is 0.773. The third-order valence-corrected chi connectivity index (χ3v) is 1.47. The molecule has 0 heterocycles. The Bertz CT molecular complexity index is 128. The van der Waals surface area contributed by atoms with Gasteiger partial charge in [-0.1, -0.05) is 0 Å². The van der Waals surface area contributed by atoms with E-state index in [1.54, 1.807) is 0 Å². The van der Waals surface area contributed by atoms with Crippen LogP contribution in [0.5, 0.6) is 0 Å². The molecule has 0 aromatic heterocycles. The summed E-state index contributed by atoms with van der Waals surface area (Å²) >= 11 is 10.1. The Morgan fingerprint density at radius 1 is 0.833 bits per heavy atom. The quantitative estimate of drug-likeness (QED) is 0.525. The predicted octanol–water partition coefficient (Wildman–Crippen LogP) is 3.06. The molecule has 0 unspecified atom stereocenters. The molecule has 12 heavy (non-hydrogen) atoms. The standard InChI is InChI=1S/C6H8N2.C2H4Cl2/c7-5-3-1-2-4-6-8;3-1-2-4/h1-4H2;1-2H2. The lowest BCUT2D eigenvalue weighted by Gasteiger charge is -1.83. The molecule has 0 fully saturated rings. The minimum absolute atomic E-state index is 0.557. The molecule has 4 heteroatoms. The highest BCUT2D eigenvalue weighted by Crippen LogP contribution is 1.95. The average molecular weight is 207 g/mol. The van der Waals surface area contributed by atoms with Crippen LogP contribution in [0.25, 0.3) is 0 Å². The summed E-state index contributed by atoms with van der Waals surface area (Å²) in [5.41, 5.74) is 0. The van der Waals surface area contributed by atoms with Gasteiger partial charge in [0.15, 0.2) is 0 Å². The molecule has 0 saturated heterocycles. The third-order valence-electron chi connectivity index (χ3n) is 0.899. The van der Waals surface area contributed by atoms with Crippen molar-refractivity contribution in [2.75, 3.05) is 11.8 Å². The lowest BCUT2D eigenvalue weighted by atomic mass is 10.2. The van der Waals surface area contributed by atoms with Gasteiger partial charge in [-0.25, -0.2) is 0 Å². The molecule has 0 saturated carbocycles. The normalized spacial score (nSPS) is 7.33. The van der Waals surface area contributed by atoms with Gasteiger partial charge in [0.25, 0.3) is 0 Å².